The summed E-state index contributed by atoms with van der Waals surface area (Å²) in [5.41, 5.74) is 6.52. The third kappa shape index (κ3) is 2.95. The minimum absolute atomic E-state index is 0.126. The number of nitriles is 1. The molecule has 1 heterocycles. The van der Waals surface area contributed by atoms with Crippen molar-refractivity contribution in [2.75, 3.05) is 17.7 Å². The van der Waals surface area contributed by atoms with Crippen LogP contribution in [0, 0.1) is 17.1 Å². The van der Waals surface area contributed by atoms with Gasteiger partial charge in [-0.2, -0.15) is 5.26 Å². The van der Waals surface area contributed by atoms with Gasteiger partial charge < -0.3 is 15.8 Å². The van der Waals surface area contributed by atoms with E-state index in [2.05, 4.69) is 10.3 Å². The van der Waals surface area contributed by atoms with Crippen molar-refractivity contribution >= 4 is 17.2 Å². The molecule has 0 radical (unpaired) electrons. The predicted molar refractivity (Wildman–Crippen MR) is 74.2 cm³/mol. The van der Waals surface area contributed by atoms with Crippen LogP contribution in [0.1, 0.15) is 12.6 Å². The molecule has 0 aliphatic rings. The molecule has 0 amide bonds. The third-order valence-corrected chi connectivity index (χ3v) is 2.54. The van der Waals surface area contributed by atoms with Crippen LogP contribution in [0.4, 0.5) is 21.6 Å². The number of hydrogen-bond acceptors (Lipinski definition) is 5. The van der Waals surface area contributed by atoms with Crippen LogP contribution < -0.4 is 15.8 Å². The molecule has 3 N–H and O–H groups in total. The molecule has 0 unspecified atom stereocenters. The van der Waals surface area contributed by atoms with Gasteiger partial charge in [-0.15, -0.1) is 0 Å². The average Bonchev–Trinajstić information content (AvgIpc) is 2.44. The molecule has 102 valence electrons. The number of pyridine rings is 1. The maximum absolute atomic E-state index is 13.7. The summed E-state index contributed by atoms with van der Waals surface area (Å²) < 4.78 is 18.8. The molecule has 2 aromatic rings. The van der Waals surface area contributed by atoms with E-state index in [0.717, 1.165) is 0 Å². The molecule has 0 saturated heterocycles. The minimum atomic E-state index is -0.465. The molecule has 0 atom stereocenters. The third-order valence-electron chi connectivity index (χ3n) is 2.54. The Morgan fingerprint density at radius 2 is 2.20 bits per heavy atom. The number of ether oxygens (including phenoxy) is 1. The summed E-state index contributed by atoms with van der Waals surface area (Å²) in [5.74, 6) is 0.146. The molecule has 2 rings (SSSR count). The van der Waals surface area contributed by atoms with E-state index in [0.29, 0.717) is 23.8 Å². The van der Waals surface area contributed by atoms with E-state index in [1.807, 2.05) is 6.07 Å². The van der Waals surface area contributed by atoms with Crippen LogP contribution in [0.15, 0.2) is 30.3 Å². The molecule has 0 aliphatic carbocycles. The first-order valence-electron chi connectivity index (χ1n) is 6.00. The van der Waals surface area contributed by atoms with Crippen molar-refractivity contribution in [3.05, 3.63) is 41.8 Å². The van der Waals surface area contributed by atoms with E-state index in [4.69, 9.17) is 15.7 Å². The number of hydrogen-bond donors (Lipinski definition) is 2. The van der Waals surface area contributed by atoms with Gasteiger partial charge in [0.25, 0.3) is 0 Å². The smallest absolute Gasteiger partial charge is 0.167 e. The lowest BCUT2D eigenvalue weighted by Crippen LogP contribution is -2.00. The van der Waals surface area contributed by atoms with Crippen molar-refractivity contribution in [3.8, 4) is 11.8 Å². The van der Waals surface area contributed by atoms with Crippen LogP contribution in [0.3, 0.4) is 0 Å². The summed E-state index contributed by atoms with van der Waals surface area (Å²) in [5, 5.41) is 11.8. The fourth-order valence-corrected chi connectivity index (χ4v) is 1.63. The van der Waals surface area contributed by atoms with Crippen molar-refractivity contribution < 1.29 is 9.13 Å². The lowest BCUT2D eigenvalue weighted by atomic mass is 10.2. The number of benzene rings is 1. The number of nitrogens with two attached hydrogens (primary N) is 1. The Balaban J connectivity index is 2.22. The summed E-state index contributed by atoms with van der Waals surface area (Å²) in [6.07, 6.45) is 0. The molecular formula is C14H13FN4O. The molecule has 20 heavy (non-hydrogen) atoms. The SMILES string of the molecule is CCOc1ccc(Nc2ccc(N)c(C#N)n2)cc1F. The second kappa shape index (κ2) is 5.89. The van der Waals surface area contributed by atoms with E-state index in [-0.39, 0.29) is 11.4 Å². The molecule has 0 spiro atoms. The maximum Gasteiger partial charge on any atom is 0.167 e. The van der Waals surface area contributed by atoms with Gasteiger partial charge in [0.05, 0.1) is 12.3 Å². The number of halogens is 1. The zero-order valence-corrected chi connectivity index (χ0v) is 10.9. The highest BCUT2D eigenvalue weighted by Crippen LogP contribution is 2.23. The van der Waals surface area contributed by atoms with E-state index in [1.54, 1.807) is 25.1 Å². The quantitative estimate of drug-likeness (QED) is 0.894. The maximum atomic E-state index is 13.7. The van der Waals surface area contributed by atoms with Gasteiger partial charge in [-0.25, -0.2) is 9.37 Å². The van der Waals surface area contributed by atoms with Gasteiger partial charge >= 0.3 is 0 Å². The Morgan fingerprint density at radius 3 is 2.85 bits per heavy atom. The first-order valence-corrected chi connectivity index (χ1v) is 6.00. The lowest BCUT2D eigenvalue weighted by molar-refractivity contribution is 0.321. The van der Waals surface area contributed by atoms with Crippen molar-refractivity contribution in [1.82, 2.24) is 4.98 Å². The van der Waals surface area contributed by atoms with Gasteiger partial charge in [0.15, 0.2) is 17.3 Å². The molecule has 5 nitrogen and oxygen atoms in total. The number of anilines is 3. The second-order valence-electron chi connectivity index (χ2n) is 3.95. The highest BCUT2D eigenvalue weighted by molar-refractivity contribution is 5.61. The number of rotatable bonds is 4. The zero-order valence-electron chi connectivity index (χ0n) is 10.9. The molecular weight excluding hydrogens is 259 g/mol. The molecule has 1 aromatic carbocycles. The first-order chi connectivity index (χ1) is 9.63. The summed E-state index contributed by atoms with van der Waals surface area (Å²) in [6, 6.07) is 9.57. The predicted octanol–water partition coefficient (Wildman–Crippen LogP) is 2.82. The Morgan fingerprint density at radius 1 is 1.40 bits per heavy atom. The Hall–Kier alpha value is -2.81. The van der Waals surface area contributed by atoms with E-state index >= 15 is 0 Å². The Bertz CT molecular complexity index is 667. The van der Waals surface area contributed by atoms with Crippen molar-refractivity contribution in [2.45, 2.75) is 6.92 Å². The highest BCUT2D eigenvalue weighted by atomic mass is 19.1. The minimum Gasteiger partial charge on any atom is -0.491 e. The summed E-state index contributed by atoms with van der Waals surface area (Å²) in [7, 11) is 0. The van der Waals surface area contributed by atoms with E-state index in [9.17, 15) is 4.39 Å². The Labute approximate surface area is 115 Å². The largest absolute Gasteiger partial charge is 0.491 e. The van der Waals surface area contributed by atoms with Crippen LogP contribution in [-0.4, -0.2) is 11.6 Å². The number of aromatic nitrogens is 1. The molecule has 0 fully saturated rings. The first kappa shape index (κ1) is 13.6. The fraction of sp³-hybridized carbons (Fsp3) is 0.143. The van der Waals surface area contributed by atoms with Crippen LogP contribution in [0.5, 0.6) is 5.75 Å². The monoisotopic (exact) mass is 272 g/mol. The number of nitrogens with zero attached hydrogens (tertiary/aromatic N) is 2. The summed E-state index contributed by atoms with van der Waals surface area (Å²) >= 11 is 0. The summed E-state index contributed by atoms with van der Waals surface area (Å²) in [4.78, 5) is 4.02. The molecule has 6 heteroatoms. The van der Waals surface area contributed by atoms with Crippen LogP contribution in [0.2, 0.25) is 0 Å². The topological polar surface area (TPSA) is 84.0 Å². The van der Waals surface area contributed by atoms with Gasteiger partial charge in [-0.1, -0.05) is 0 Å². The fourth-order valence-electron chi connectivity index (χ4n) is 1.63. The highest BCUT2D eigenvalue weighted by Gasteiger charge is 2.06. The molecule has 0 aliphatic heterocycles. The standard InChI is InChI=1S/C14H13FN4O/c1-2-20-13-5-3-9(7-10(13)15)18-14-6-4-11(17)12(8-16)19-14/h3-7H,2,17H2,1H3,(H,18,19). The lowest BCUT2D eigenvalue weighted by Gasteiger charge is -2.09. The number of nitrogen functional groups attached to an aromatic ring is 1. The average molecular weight is 272 g/mol. The van der Waals surface area contributed by atoms with Gasteiger partial charge in [-0.05, 0) is 31.2 Å². The van der Waals surface area contributed by atoms with E-state index < -0.39 is 5.82 Å². The van der Waals surface area contributed by atoms with Gasteiger partial charge in [-0.3, -0.25) is 0 Å². The second-order valence-corrected chi connectivity index (χ2v) is 3.95. The normalized spacial score (nSPS) is 9.85. The van der Waals surface area contributed by atoms with E-state index in [1.165, 1.54) is 12.1 Å². The molecule has 0 saturated carbocycles. The molecule has 1 aromatic heterocycles. The zero-order chi connectivity index (χ0) is 14.5. The van der Waals surface area contributed by atoms with Crippen LogP contribution in [0.25, 0.3) is 0 Å². The van der Waals surface area contributed by atoms with Crippen molar-refractivity contribution in [2.24, 2.45) is 0 Å². The van der Waals surface area contributed by atoms with Crippen molar-refractivity contribution in [1.29, 1.82) is 5.26 Å². The Kier molecular flexibility index (Phi) is 4.01. The van der Waals surface area contributed by atoms with Gasteiger partial charge in [0, 0.05) is 11.8 Å². The van der Waals surface area contributed by atoms with Crippen LogP contribution >= 0.6 is 0 Å². The van der Waals surface area contributed by atoms with Gasteiger partial charge in [0.1, 0.15) is 11.9 Å². The summed E-state index contributed by atoms with van der Waals surface area (Å²) in [6.45, 7) is 2.18. The van der Waals surface area contributed by atoms with Crippen molar-refractivity contribution in [3.63, 3.8) is 0 Å². The number of nitrogens with one attached hydrogen (secondary N) is 1. The van der Waals surface area contributed by atoms with Crippen LogP contribution in [-0.2, 0) is 0 Å². The van der Waals surface area contributed by atoms with Gasteiger partial charge in [0.2, 0.25) is 0 Å². The molecule has 0 bridgehead atoms.